The van der Waals surface area contributed by atoms with Gasteiger partial charge in [-0.2, -0.15) is 0 Å². The van der Waals surface area contributed by atoms with Gasteiger partial charge in [0.15, 0.2) is 0 Å². The predicted octanol–water partition coefficient (Wildman–Crippen LogP) is 0.892. The monoisotopic (exact) mass is 233 g/mol. The summed E-state index contributed by atoms with van der Waals surface area (Å²) in [5.41, 5.74) is 8.15. The van der Waals surface area contributed by atoms with Crippen LogP contribution in [0.3, 0.4) is 0 Å². The van der Waals surface area contributed by atoms with E-state index in [1.165, 1.54) is 0 Å². The van der Waals surface area contributed by atoms with E-state index < -0.39 is 0 Å². The Kier molecular flexibility index (Phi) is 3.33. The van der Waals surface area contributed by atoms with Crippen LogP contribution in [-0.2, 0) is 0 Å². The van der Waals surface area contributed by atoms with Crippen molar-refractivity contribution >= 4 is 11.6 Å². The molecule has 0 unspecified atom stereocenters. The Balaban J connectivity index is 2.35. The van der Waals surface area contributed by atoms with E-state index in [0.717, 1.165) is 30.9 Å². The minimum Gasteiger partial charge on any atom is -0.368 e. The zero-order valence-corrected chi connectivity index (χ0v) is 10.4. The lowest BCUT2D eigenvalue weighted by molar-refractivity contribution is 0.100. The number of carbonyl (C=O) groups excluding carboxylic acids is 1. The second kappa shape index (κ2) is 4.75. The first-order valence-corrected chi connectivity index (χ1v) is 5.96. The molecule has 0 aliphatic carbocycles. The van der Waals surface area contributed by atoms with Gasteiger partial charge in [-0.05, 0) is 31.5 Å². The second-order valence-electron chi connectivity index (χ2n) is 4.69. The van der Waals surface area contributed by atoms with Crippen LogP contribution in [0.4, 0.5) is 5.69 Å². The number of benzene rings is 1. The molecular formula is C13H19N3O. The summed E-state index contributed by atoms with van der Waals surface area (Å²) >= 11 is 0. The minimum absolute atomic E-state index is 0.355. The number of primary amides is 1. The maximum absolute atomic E-state index is 11.4. The average Bonchev–Trinajstić information content (AvgIpc) is 2.28. The molecule has 3 N–H and O–H groups in total. The van der Waals surface area contributed by atoms with Crippen molar-refractivity contribution in [2.75, 3.05) is 24.5 Å². The van der Waals surface area contributed by atoms with E-state index in [-0.39, 0.29) is 5.91 Å². The summed E-state index contributed by atoms with van der Waals surface area (Å²) in [6.45, 7) is 6.93. The standard InChI is InChI=1S/C13H19N3O/c1-9-3-4-11(13(14)17)12(7-9)16-6-5-15-10(2)8-16/h3-4,7,10,15H,5-6,8H2,1-2H3,(H2,14,17)/t10-/m1/s1. The minimum atomic E-state index is -0.355. The van der Waals surface area contributed by atoms with E-state index in [2.05, 4.69) is 17.1 Å². The Bertz CT molecular complexity index is 431. The van der Waals surface area contributed by atoms with Gasteiger partial charge >= 0.3 is 0 Å². The fraction of sp³-hybridized carbons (Fsp3) is 0.462. The second-order valence-corrected chi connectivity index (χ2v) is 4.69. The summed E-state index contributed by atoms with van der Waals surface area (Å²) < 4.78 is 0. The van der Waals surface area contributed by atoms with E-state index in [1.807, 2.05) is 25.1 Å². The van der Waals surface area contributed by atoms with Gasteiger partial charge < -0.3 is 16.0 Å². The first-order chi connectivity index (χ1) is 8.08. The Morgan fingerprint density at radius 3 is 2.94 bits per heavy atom. The summed E-state index contributed by atoms with van der Waals surface area (Å²) in [5, 5.41) is 3.39. The highest BCUT2D eigenvalue weighted by molar-refractivity contribution is 5.98. The first-order valence-electron chi connectivity index (χ1n) is 5.96. The van der Waals surface area contributed by atoms with E-state index in [1.54, 1.807) is 0 Å². The lowest BCUT2D eigenvalue weighted by Gasteiger charge is -2.34. The molecule has 1 fully saturated rings. The number of piperazine rings is 1. The summed E-state index contributed by atoms with van der Waals surface area (Å²) in [6, 6.07) is 6.22. The molecule has 1 aliphatic heterocycles. The molecule has 1 aromatic carbocycles. The zero-order chi connectivity index (χ0) is 12.4. The predicted molar refractivity (Wildman–Crippen MR) is 69.4 cm³/mol. The molecule has 0 bridgehead atoms. The van der Waals surface area contributed by atoms with Crippen LogP contribution >= 0.6 is 0 Å². The van der Waals surface area contributed by atoms with Gasteiger partial charge in [-0.15, -0.1) is 0 Å². The number of anilines is 1. The van der Waals surface area contributed by atoms with Crippen molar-refractivity contribution in [3.63, 3.8) is 0 Å². The Morgan fingerprint density at radius 1 is 1.53 bits per heavy atom. The zero-order valence-electron chi connectivity index (χ0n) is 10.4. The number of hydrogen-bond acceptors (Lipinski definition) is 3. The molecule has 1 heterocycles. The number of rotatable bonds is 2. The fourth-order valence-electron chi connectivity index (χ4n) is 2.26. The van der Waals surface area contributed by atoms with Gasteiger partial charge in [0, 0.05) is 31.4 Å². The lowest BCUT2D eigenvalue weighted by atomic mass is 10.1. The molecule has 2 rings (SSSR count). The molecule has 0 radical (unpaired) electrons. The number of aryl methyl sites for hydroxylation is 1. The first kappa shape index (κ1) is 11.9. The largest absolute Gasteiger partial charge is 0.368 e. The SMILES string of the molecule is Cc1ccc(C(N)=O)c(N2CCN[C@H](C)C2)c1. The van der Waals surface area contributed by atoms with Crippen molar-refractivity contribution in [3.05, 3.63) is 29.3 Å². The molecule has 4 heteroatoms. The molecule has 1 atom stereocenters. The van der Waals surface area contributed by atoms with Crippen molar-refractivity contribution in [2.45, 2.75) is 19.9 Å². The topological polar surface area (TPSA) is 58.4 Å². The van der Waals surface area contributed by atoms with Crippen molar-refractivity contribution < 1.29 is 4.79 Å². The van der Waals surface area contributed by atoms with E-state index >= 15 is 0 Å². The Morgan fingerprint density at radius 2 is 2.29 bits per heavy atom. The van der Waals surface area contributed by atoms with Crippen LogP contribution in [0.2, 0.25) is 0 Å². The van der Waals surface area contributed by atoms with Crippen LogP contribution < -0.4 is 16.0 Å². The average molecular weight is 233 g/mol. The summed E-state index contributed by atoms with van der Waals surface area (Å²) in [6.07, 6.45) is 0. The van der Waals surface area contributed by atoms with Crippen molar-refractivity contribution in [1.29, 1.82) is 0 Å². The molecule has 4 nitrogen and oxygen atoms in total. The van der Waals surface area contributed by atoms with Gasteiger partial charge in [0.2, 0.25) is 0 Å². The number of nitrogens with two attached hydrogens (primary N) is 1. The fourth-order valence-corrected chi connectivity index (χ4v) is 2.26. The quantitative estimate of drug-likeness (QED) is 0.797. The number of amides is 1. The normalized spacial score (nSPS) is 20.4. The lowest BCUT2D eigenvalue weighted by Crippen LogP contribution is -2.49. The van der Waals surface area contributed by atoms with Crippen LogP contribution in [-0.4, -0.2) is 31.6 Å². The third-order valence-electron chi connectivity index (χ3n) is 3.13. The van der Waals surface area contributed by atoms with E-state index in [0.29, 0.717) is 11.6 Å². The van der Waals surface area contributed by atoms with Gasteiger partial charge in [0.25, 0.3) is 5.91 Å². The molecular weight excluding hydrogens is 214 g/mol. The molecule has 1 saturated heterocycles. The van der Waals surface area contributed by atoms with Crippen molar-refractivity contribution in [3.8, 4) is 0 Å². The highest BCUT2D eigenvalue weighted by Crippen LogP contribution is 2.23. The van der Waals surface area contributed by atoms with Crippen LogP contribution in [0.15, 0.2) is 18.2 Å². The van der Waals surface area contributed by atoms with Gasteiger partial charge in [0.1, 0.15) is 0 Å². The summed E-state index contributed by atoms with van der Waals surface area (Å²) in [7, 11) is 0. The Hall–Kier alpha value is -1.55. The number of nitrogens with zero attached hydrogens (tertiary/aromatic N) is 1. The number of carbonyl (C=O) groups is 1. The molecule has 1 aliphatic rings. The number of hydrogen-bond donors (Lipinski definition) is 2. The molecule has 17 heavy (non-hydrogen) atoms. The molecule has 1 aromatic rings. The van der Waals surface area contributed by atoms with Gasteiger partial charge in [-0.25, -0.2) is 0 Å². The molecule has 0 spiro atoms. The van der Waals surface area contributed by atoms with Crippen LogP contribution in [0, 0.1) is 6.92 Å². The Labute approximate surface area is 102 Å². The third kappa shape index (κ3) is 2.58. The van der Waals surface area contributed by atoms with Crippen LogP contribution in [0.5, 0.6) is 0 Å². The van der Waals surface area contributed by atoms with E-state index in [9.17, 15) is 4.79 Å². The maximum Gasteiger partial charge on any atom is 0.250 e. The molecule has 0 aromatic heterocycles. The van der Waals surface area contributed by atoms with Gasteiger partial charge in [-0.3, -0.25) is 4.79 Å². The summed E-state index contributed by atoms with van der Waals surface area (Å²) in [5.74, 6) is -0.355. The summed E-state index contributed by atoms with van der Waals surface area (Å²) in [4.78, 5) is 13.7. The van der Waals surface area contributed by atoms with Gasteiger partial charge in [0.05, 0.1) is 5.56 Å². The van der Waals surface area contributed by atoms with Gasteiger partial charge in [-0.1, -0.05) is 6.07 Å². The highest BCUT2D eigenvalue weighted by Gasteiger charge is 2.20. The molecule has 0 saturated carbocycles. The number of nitrogens with one attached hydrogen (secondary N) is 1. The molecule has 1 amide bonds. The van der Waals surface area contributed by atoms with E-state index in [4.69, 9.17) is 5.73 Å². The van der Waals surface area contributed by atoms with Crippen molar-refractivity contribution in [2.24, 2.45) is 5.73 Å². The third-order valence-corrected chi connectivity index (χ3v) is 3.13. The maximum atomic E-state index is 11.4. The van der Waals surface area contributed by atoms with Crippen LogP contribution in [0.25, 0.3) is 0 Å². The van der Waals surface area contributed by atoms with Crippen molar-refractivity contribution in [1.82, 2.24) is 5.32 Å². The highest BCUT2D eigenvalue weighted by atomic mass is 16.1. The smallest absolute Gasteiger partial charge is 0.250 e. The molecule has 92 valence electrons. The van der Waals surface area contributed by atoms with Crippen LogP contribution in [0.1, 0.15) is 22.8 Å².